The summed E-state index contributed by atoms with van der Waals surface area (Å²) in [6, 6.07) is 4.60. The number of carbonyl (C=O) groups excluding carboxylic acids is 1. The molecule has 27 heavy (non-hydrogen) atoms. The molecule has 0 aliphatic carbocycles. The van der Waals surface area contributed by atoms with Crippen molar-refractivity contribution in [1.82, 2.24) is 9.97 Å². The lowest BCUT2D eigenvalue weighted by molar-refractivity contribution is -0.118. The van der Waals surface area contributed by atoms with Crippen molar-refractivity contribution in [2.45, 2.75) is 12.8 Å². The minimum Gasteiger partial charge on any atom is -0.378 e. The zero-order chi connectivity index (χ0) is 19.0. The summed E-state index contributed by atoms with van der Waals surface area (Å²) in [7, 11) is 0. The smallest absolute Gasteiger partial charge is 0.289 e. The van der Waals surface area contributed by atoms with Crippen LogP contribution in [0.2, 0.25) is 0 Å². The quantitative estimate of drug-likeness (QED) is 0.865. The molecule has 1 saturated heterocycles. The molecular formula is C18H18F2N4O3. The molecule has 1 amide bonds. The fraction of sp³-hybridized carbons (Fsp3) is 0.389. The van der Waals surface area contributed by atoms with Crippen molar-refractivity contribution in [2.24, 2.45) is 0 Å². The number of halogens is 2. The van der Waals surface area contributed by atoms with Crippen LogP contribution in [-0.2, 0) is 22.4 Å². The molecule has 2 aliphatic rings. The van der Waals surface area contributed by atoms with E-state index in [0.717, 1.165) is 0 Å². The maximum absolute atomic E-state index is 14.2. The lowest BCUT2D eigenvalue weighted by Crippen LogP contribution is -2.39. The number of hydrogen-bond acceptors (Lipinski definition) is 5. The van der Waals surface area contributed by atoms with Gasteiger partial charge in [-0.1, -0.05) is 6.07 Å². The number of amides is 1. The monoisotopic (exact) mass is 376 g/mol. The lowest BCUT2D eigenvalue weighted by Gasteiger charge is -2.28. The van der Waals surface area contributed by atoms with Crippen LogP contribution in [-0.4, -0.2) is 48.7 Å². The van der Waals surface area contributed by atoms with Gasteiger partial charge in [0.2, 0.25) is 11.7 Å². The van der Waals surface area contributed by atoms with Crippen LogP contribution in [0.3, 0.4) is 0 Å². The summed E-state index contributed by atoms with van der Waals surface area (Å²) in [6.07, 6.45) is 0.225. The van der Waals surface area contributed by atoms with Crippen LogP contribution in [0.4, 0.5) is 20.3 Å². The Morgan fingerprint density at radius 1 is 1.22 bits per heavy atom. The highest BCUT2D eigenvalue weighted by atomic mass is 19.1. The number of ether oxygens (including phenoxy) is 1. The highest BCUT2D eigenvalue weighted by Crippen LogP contribution is 2.30. The maximum Gasteiger partial charge on any atom is 0.289 e. The van der Waals surface area contributed by atoms with Gasteiger partial charge < -0.3 is 19.5 Å². The summed E-state index contributed by atoms with van der Waals surface area (Å²) in [4.78, 5) is 34.2. The van der Waals surface area contributed by atoms with Crippen LogP contribution in [0.1, 0.15) is 11.4 Å². The van der Waals surface area contributed by atoms with E-state index < -0.39 is 11.4 Å². The summed E-state index contributed by atoms with van der Waals surface area (Å²) in [5.74, 6) is -1.63. The van der Waals surface area contributed by atoms with E-state index in [-0.39, 0.29) is 29.8 Å². The Bertz CT molecular complexity index is 941. The summed E-state index contributed by atoms with van der Waals surface area (Å²) in [5, 5.41) is 0. The predicted octanol–water partition coefficient (Wildman–Crippen LogP) is 1.02. The number of nitrogens with zero attached hydrogens (tertiary/aromatic N) is 3. The Labute approximate surface area is 153 Å². The minimum absolute atomic E-state index is 0.0716. The Hall–Kier alpha value is -2.81. The number of hydrogen-bond donors (Lipinski definition) is 1. The van der Waals surface area contributed by atoms with Crippen LogP contribution in [0.25, 0.3) is 0 Å². The Balaban J connectivity index is 1.58. The predicted molar refractivity (Wildman–Crippen MR) is 94.0 cm³/mol. The SMILES string of the molecule is O=C(Cc1nc(N2CCOCC2)c(F)c(=O)[nH]1)N1CCc2c(F)cccc21. The Kier molecular flexibility index (Phi) is 4.61. The largest absolute Gasteiger partial charge is 0.378 e. The van der Waals surface area contributed by atoms with E-state index in [9.17, 15) is 18.4 Å². The second-order valence-electron chi connectivity index (χ2n) is 6.46. The molecular weight excluding hydrogens is 358 g/mol. The molecule has 1 aromatic carbocycles. The third-order valence-electron chi connectivity index (χ3n) is 4.80. The molecule has 0 radical (unpaired) electrons. The van der Waals surface area contributed by atoms with Crippen molar-refractivity contribution in [3.8, 4) is 0 Å². The van der Waals surface area contributed by atoms with Gasteiger partial charge in [-0.2, -0.15) is 4.39 Å². The van der Waals surface area contributed by atoms with Crippen molar-refractivity contribution >= 4 is 17.4 Å². The number of benzene rings is 1. The van der Waals surface area contributed by atoms with Gasteiger partial charge in [0.05, 0.1) is 19.6 Å². The van der Waals surface area contributed by atoms with Gasteiger partial charge in [0.25, 0.3) is 5.56 Å². The number of aromatic nitrogens is 2. The molecule has 142 valence electrons. The molecule has 7 nitrogen and oxygen atoms in total. The van der Waals surface area contributed by atoms with Gasteiger partial charge >= 0.3 is 0 Å². The van der Waals surface area contributed by atoms with Crippen molar-refractivity contribution < 1.29 is 18.3 Å². The summed E-state index contributed by atoms with van der Waals surface area (Å²) in [5.41, 5.74) is 0.112. The highest BCUT2D eigenvalue weighted by molar-refractivity contribution is 5.96. The van der Waals surface area contributed by atoms with Gasteiger partial charge in [-0.05, 0) is 18.6 Å². The van der Waals surface area contributed by atoms with Crippen molar-refractivity contribution in [2.75, 3.05) is 42.6 Å². The molecule has 1 aromatic heterocycles. The lowest BCUT2D eigenvalue weighted by atomic mass is 10.1. The first-order chi connectivity index (χ1) is 13.0. The Morgan fingerprint density at radius 3 is 2.78 bits per heavy atom. The normalized spacial score (nSPS) is 16.5. The summed E-state index contributed by atoms with van der Waals surface area (Å²) >= 11 is 0. The number of morpholine rings is 1. The van der Waals surface area contributed by atoms with Crippen LogP contribution >= 0.6 is 0 Å². The fourth-order valence-corrected chi connectivity index (χ4v) is 3.45. The van der Waals surface area contributed by atoms with E-state index in [0.29, 0.717) is 50.5 Å². The van der Waals surface area contributed by atoms with E-state index in [2.05, 4.69) is 9.97 Å². The second-order valence-corrected chi connectivity index (χ2v) is 6.46. The van der Waals surface area contributed by atoms with E-state index in [4.69, 9.17) is 4.74 Å². The van der Waals surface area contributed by atoms with E-state index in [1.807, 2.05) is 0 Å². The number of carbonyl (C=O) groups is 1. The van der Waals surface area contributed by atoms with Gasteiger partial charge in [-0.3, -0.25) is 9.59 Å². The van der Waals surface area contributed by atoms with Gasteiger partial charge in [-0.15, -0.1) is 0 Å². The third-order valence-corrected chi connectivity index (χ3v) is 4.80. The first-order valence-corrected chi connectivity index (χ1v) is 8.73. The molecule has 3 heterocycles. The van der Waals surface area contributed by atoms with Crippen LogP contribution in [0, 0.1) is 11.6 Å². The van der Waals surface area contributed by atoms with Crippen molar-refractivity contribution in [1.29, 1.82) is 0 Å². The van der Waals surface area contributed by atoms with Crippen LogP contribution in [0.5, 0.6) is 0 Å². The molecule has 0 saturated carbocycles. The van der Waals surface area contributed by atoms with Gasteiger partial charge in [-0.25, -0.2) is 9.37 Å². The molecule has 9 heteroatoms. The summed E-state index contributed by atoms with van der Waals surface area (Å²) in [6.45, 7) is 2.02. The van der Waals surface area contributed by atoms with E-state index >= 15 is 0 Å². The second kappa shape index (κ2) is 7.07. The van der Waals surface area contributed by atoms with Crippen molar-refractivity contribution in [3.05, 3.63) is 51.6 Å². The highest BCUT2D eigenvalue weighted by Gasteiger charge is 2.28. The third kappa shape index (κ3) is 3.30. The fourth-order valence-electron chi connectivity index (χ4n) is 3.45. The first kappa shape index (κ1) is 17.6. The average Bonchev–Trinajstić information content (AvgIpc) is 3.11. The molecule has 4 rings (SSSR count). The Morgan fingerprint density at radius 2 is 2.00 bits per heavy atom. The number of anilines is 2. The number of fused-ring (bicyclic) bond motifs is 1. The molecule has 0 unspecified atom stereocenters. The maximum atomic E-state index is 14.2. The number of H-pyrrole nitrogens is 1. The average molecular weight is 376 g/mol. The molecule has 2 aromatic rings. The molecule has 0 spiro atoms. The van der Waals surface area contributed by atoms with Crippen LogP contribution in [0.15, 0.2) is 23.0 Å². The van der Waals surface area contributed by atoms with E-state index in [1.54, 1.807) is 17.0 Å². The van der Waals surface area contributed by atoms with Gasteiger partial charge in [0.15, 0.2) is 5.82 Å². The van der Waals surface area contributed by atoms with E-state index in [1.165, 1.54) is 11.0 Å². The minimum atomic E-state index is -0.971. The standard InChI is InChI=1S/C18H18F2N4O3/c19-12-2-1-3-13-11(12)4-5-24(13)15(25)10-14-21-17(16(20)18(26)22-14)23-6-8-27-9-7-23/h1-3H,4-10H2,(H,21,22,26). The van der Waals surface area contributed by atoms with Crippen LogP contribution < -0.4 is 15.4 Å². The summed E-state index contributed by atoms with van der Waals surface area (Å²) < 4.78 is 33.3. The number of nitrogens with one attached hydrogen (secondary N) is 1. The van der Waals surface area contributed by atoms with Gasteiger partial charge in [0, 0.05) is 30.9 Å². The molecule has 0 bridgehead atoms. The zero-order valence-corrected chi connectivity index (χ0v) is 14.5. The zero-order valence-electron chi connectivity index (χ0n) is 14.5. The number of rotatable bonds is 3. The molecule has 1 fully saturated rings. The molecule has 0 atom stereocenters. The van der Waals surface area contributed by atoms with Crippen molar-refractivity contribution in [3.63, 3.8) is 0 Å². The molecule has 1 N–H and O–H groups in total. The van der Waals surface area contributed by atoms with Gasteiger partial charge in [0.1, 0.15) is 11.6 Å². The topological polar surface area (TPSA) is 78.5 Å². The molecule has 2 aliphatic heterocycles. The first-order valence-electron chi connectivity index (χ1n) is 8.73. The number of aromatic amines is 1.